The third kappa shape index (κ3) is 6.00. The zero-order valence-electron chi connectivity index (χ0n) is 10.1. The lowest BCUT2D eigenvalue weighted by molar-refractivity contribution is -0.133. The predicted molar refractivity (Wildman–Crippen MR) is 63.2 cm³/mol. The summed E-state index contributed by atoms with van der Waals surface area (Å²) in [6.07, 6.45) is 1.96. The van der Waals surface area contributed by atoms with E-state index in [4.69, 9.17) is 16.3 Å². The molecule has 4 heteroatoms. The molecule has 0 fully saturated rings. The Morgan fingerprint density at radius 2 is 2.13 bits per heavy atom. The van der Waals surface area contributed by atoms with Gasteiger partial charge in [-0.2, -0.15) is 0 Å². The predicted octanol–water partition coefficient (Wildman–Crippen LogP) is 2.13. The highest BCUT2D eigenvalue weighted by Gasteiger charge is 2.18. The van der Waals surface area contributed by atoms with Gasteiger partial charge in [0.15, 0.2) is 0 Å². The molecule has 2 atom stereocenters. The molecule has 0 aromatic rings. The van der Waals surface area contributed by atoms with E-state index in [1.165, 1.54) is 0 Å². The summed E-state index contributed by atoms with van der Waals surface area (Å²) in [5.41, 5.74) is 0. The van der Waals surface area contributed by atoms with Crippen LogP contribution in [0.5, 0.6) is 0 Å². The number of hydrogen-bond donors (Lipinski definition) is 0. The van der Waals surface area contributed by atoms with Crippen LogP contribution in [0, 0.1) is 5.92 Å². The first-order chi connectivity index (χ1) is 7.02. The van der Waals surface area contributed by atoms with Gasteiger partial charge in [0, 0.05) is 26.6 Å². The monoisotopic (exact) mass is 235 g/mol. The number of methoxy groups -OCH3 is 1. The molecule has 0 spiro atoms. The van der Waals surface area contributed by atoms with Gasteiger partial charge in [0.25, 0.3) is 0 Å². The van der Waals surface area contributed by atoms with E-state index in [2.05, 4.69) is 6.92 Å². The summed E-state index contributed by atoms with van der Waals surface area (Å²) in [6.45, 7) is 5.06. The summed E-state index contributed by atoms with van der Waals surface area (Å²) >= 11 is 5.98. The highest BCUT2D eigenvalue weighted by atomic mass is 35.5. The summed E-state index contributed by atoms with van der Waals surface area (Å²) < 4.78 is 4.92. The molecule has 0 rings (SSSR count). The van der Waals surface area contributed by atoms with Crippen LogP contribution in [-0.4, -0.2) is 43.5 Å². The molecule has 0 aliphatic carbocycles. The van der Waals surface area contributed by atoms with Crippen molar-refractivity contribution in [3.05, 3.63) is 0 Å². The Morgan fingerprint density at radius 1 is 1.53 bits per heavy atom. The Bertz CT molecular complexity index is 187. The van der Waals surface area contributed by atoms with Gasteiger partial charge in [0.2, 0.25) is 5.91 Å². The second-order valence-electron chi connectivity index (χ2n) is 3.96. The Morgan fingerprint density at radius 3 is 2.60 bits per heavy atom. The van der Waals surface area contributed by atoms with Crippen molar-refractivity contribution < 1.29 is 9.53 Å². The van der Waals surface area contributed by atoms with Crippen LogP contribution in [0.2, 0.25) is 0 Å². The highest BCUT2D eigenvalue weighted by Crippen LogP contribution is 2.10. The molecule has 15 heavy (non-hydrogen) atoms. The summed E-state index contributed by atoms with van der Waals surface area (Å²) in [4.78, 5) is 13.5. The first-order valence-corrected chi connectivity index (χ1v) is 5.84. The lowest BCUT2D eigenvalue weighted by Gasteiger charge is -2.23. The van der Waals surface area contributed by atoms with Crippen LogP contribution in [0.15, 0.2) is 0 Å². The first kappa shape index (κ1) is 14.7. The van der Waals surface area contributed by atoms with Crippen molar-refractivity contribution >= 4 is 17.5 Å². The summed E-state index contributed by atoms with van der Waals surface area (Å²) in [7, 11) is 3.40. The maximum Gasteiger partial charge on any atom is 0.225 e. The summed E-state index contributed by atoms with van der Waals surface area (Å²) in [5.74, 6) is 0.255. The van der Waals surface area contributed by atoms with E-state index in [9.17, 15) is 4.79 Å². The first-order valence-electron chi connectivity index (χ1n) is 5.40. The number of alkyl halides is 1. The SMILES string of the molecule is CCCC(C)C(=O)N(C)CC(Cl)COC. The van der Waals surface area contributed by atoms with E-state index < -0.39 is 0 Å². The lowest BCUT2D eigenvalue weighted by atomic mass is 10.1. The molecule has 90 valence electrons. The van der Waals surface area contributed by atoms with E-state index >= 15 is 0 Å². The fourth-order valence-corrected chi connectivity index (χ4v) is 1.89. The van der Waals surface area contributed by atoms with Crippen molar-refractivity contribution in [2.75, 3.05) is 27.3 Å². The smallest absolute Gasteiger partial charge is 0.225 e. The van der Waals surface area contributed by atoms with Gasteiger partial charge in [-0.25, -0.2) is 0 Å². The molecule has 1 amide bonds. The summed E-state index contributed by atoms with van der Waals surface area (Å²) in [6, 6.07) is 0. The minimum atomic E-state index is -0.127. The minimum Gasteiger partial charge on any atom is -0.383 e. The Kier molecular flexibility index (Phi) is 7.79. The number of halogens is 1. The van der Waals surface area contributed by atoms with Crippen LogP contribution in [-0.2, 0) is 9.53 Å². The third-order valence-corrected chi connectivity index (χ3v) is 2.60. The molecular formula is C11H22ClNO2. The second kappa shape index (κ2) is 7.94. The molecule has 0 radical (unpaired) electrons. The molecule has 2 unspecified atom stereocenters. The van der Waals surface area contributed by atoms with Crippen LogP contribution >= 0.6 is 11.6 Å². The van der Waals surface area contributed by atoms with Crippen molar-refractivity contribution in [1.29, 1.82) is 0 Å². The van der Waals surface area contributed by atoms with E-state index in [-0.39, 0.29) is 17.2 Å². The van der Waals surface area contributed by atoms with Crippen LogP contribution in [0.1, 0.15) is 26.7 Å². The van der Waals surface area contributed by atoms with Gasteiger partial charge >= 0.3 is 0 Å². The molecule has 0 bridgehead atoms. The molecule has 0 aliphatic heterocycles. The quantitative estimate of drug-likeness (QED) is 0.633. The van der Waals surface area contributed by atoms with Crippen LogP contribution < -0.4 is 0 Å². The largest absolute Gasteiger partial charge is 0.383 e. The maximum atomic E-state index is 11.8. The molecule has 0 heterocycles. The number of ether oxygens (including phenoxy) is 1. The zero-order valence-corrected chi connectivity index (χ0v) is 10.9. The van der Waals surface area contributed by atoms with Crippen LogP contribution in [0.25, 0.3) is 0 Å². The van der Waals surface area contributed by atoms with Gasteiger partial charge < -0.3 is 9.64 Å². The molecule has 0 aromatic heterocycles. The Labute approximate surface area is 97.7 Å². The summed E-state index contributed by atoms with van der Waals surface area (Å²) in [5, 5.41) is -0.127. The van der Waals surface area contributed by atoms with E-state index in [0.717, 1.165) is 12.8 Å². The molecule has 0 saturated carbocycles. The fraction of sp³-hybridized carbons (Fsp3) is 0.909. The molecule has 3 nitrogen and oxygen atoms in total. The maximum absolute atomic E-state index is 11.8. The average Bonchev–Trinajstić information content (AvgIpc) is 2.17. The molecular weight excluding hydrogens is 214 g/mol. The van der Waals surface area contributed by atoms with Crippen molar-refractivity contribution in [2.24, 2.45) is 5.92 Å². The Balaban J connectivity index is 3.97. The van der Waals surface area contributed by atoms with Crippen molar-refractivity contribution in [3.63, 3.8) is 0 Å². The van der Waals surface area contributed by atoms with Gasteiger partial charge in [-0.1, -0.05) is 20.3 Å². The van der Waals surface area contributed by atoms with Crippen molar-refractivity contribution in [1.82, 2.24) is 4.90 Å². The fourth-order valence-electron chi connectivity index (χ4n) is 1.55. The van der Waals surface area contributed by atoms with Crippen molar-refractivity contribution in [2.45, 2.75) is 32.1 Å². The van der Waals surface area contributed by atoms with Crippen molar-refractivity contribution in [3.8, 4) is 0 Å². The molecule has 0 N–H and O–H groups in total. The van der Waals surface area contributed by atoms with Crippen LogP contribution in [0.3, 0.4) is 0 Å². The van der Waals surface area contributed by atoms with E-state index in [1.807, 2.05) is 6.92 Å². The van der Waals surface area contributed by atoms with Gasteiger partial charge in [-0.05, 0) is 6.42 Å². The van der Waals surface area contributed by atoms with Gasteiger partial charge in [0.1, 0.15) is 0 Å². The molecule has 0 aromatic carbocycles. The van der Waals surface area contributed by atoms with Gasteiger partial charge in [-0.15, -0.1) is 11.6 Å². The van der Waals surface area contributed by atoms with E-state index in [1.54, 1.807) is 19.1 Å². The topological polar surface area (TPSA) is 29.5 Å². The minimum absolute atomic E-state index is 0.0893. The second-order valence-corrected chi connectivity index (χ2v) is 4.58. The third-order valence-electron chi connectivity index (χ3n) is 2.34. The molecule has 0 saturated heterocycles. The highest BCUT2D eigenvalue weighted by molar-refractivity contribution is 6.21. The number of nitrogens with zero attached hydrogens (tertiary/aromatic N) is 1. The molecule has 0 aliphatic rings. The van der Waals surface area contributed by atoms with Gasteiger partial charge in [-0.3, -0.25) is 4.79 Å². The standard InChI is InChI=1S/C11H22ClNO2/c1-5-6-9(2)11(14)13(3)7-10(12)8-15-4/h9-10H,5-8H2,1-4H3. The zero-order chi connectivity index (χ0) is 11.8. The number of rotatable bonds is 7. The lowest BCUT2D eigenvalue weighted by Crippen LogP contribution is -2.37. The number of hydrogen-bond acceptors (Lipinski definition) is 2. The normalized spacial score (nSPS) is 14.7. The number of amides is 1. The number of carbonyl (C=O) groups is 1. The van der Waals surface area contributed by atoms with Crippen LogP contribution in [0.4, 0.5) is 0 Å². The number of carbonyl (C=O) groups excluding carboxylic acids is 1. The van der Waals surface area contributed by atoms with E-state index in [0.29, 0.717) is 13.2 Å². The average molecular weight is 236 g/mol. The van der Waals surface area contributed by atoms with Gasteiger partial charge in [0.05, 0.1) is 12.0 Å². The Hall–Kier alpha value is -0.280.